The summed E-state index contributed by atoms with van der Waals surface area (Å²) in [6, 6.07) is 18.3. The van der Waals surface area contributed by atoms with Crippen LogP contribution in [0.2, 0.25) is 0 Å². The molecule has 0 spiro atoms. The Morgan fingerprint density at radius 3 is 2.78 bits per heavy atom. The molecule has 4 nitrogen and oxygen atoms in total. The van der Waals surface area contributed by atoms with E-state index < -0.39 is 0 Å². The molecule has 0 fully saturated rings. The van der Waals surface area contributed by atoms with E-state index in [-0.39, 0.29) is 0 Å². The zero-order valence-electron chi connectivity index (χ0n) is 12.3. The number of aromatic nitrogens is 3. The van der Waals surface area contributed by atoms with E-state index in [0.717, 1.165) is 33.0 Å². The smallest absolute Gasteiger partial charge is 0.131 e. The van der Waals surface area contributed by atoms with Crippen molar-refractivity contribution in [2.75, 3.05) is 0 Å². The Hall–Kier alpha value is -2.05. The fourth-order valence-corrected chi connectivity index (χ4v) is 4.21. The summed E-state index contributed by atoms with van der Waals surface area (Å²) in [5, 5.41) is 8.86. The van der Waals surface area contributed by atoms with E-state index in [0.29, 0.717) is 0 Å². The van der Waals surface area contributed by atoms with Crippen molar-refractivity contribution in [2.24, 2.45) is 4.99 Å². The highest BCUT2D eigenvalue weighted by atomic mass is 32.2. The van der Waals surface area contributed by atoms with Gasteiger partial charge in [0.05, 0.1) is 23.3 Å². The molecule has 1 aliphatic rings. The molecule has 0 unspecified atom stereocenters. The van der Waals surface area contributed by atoms with Crippen molar-refractivity contribution in [2.45, 2.75) is 11.5 Å². The molecule has 23 heavy (non-hydrogen) atoms. The van der Waals surface area contributed by atoms with Gasteiger partial charge in [0.2, 0.25) is 0 Å². The first-order valence-corrected chi connectivity index (χ1v) is 9.24. The molecule has 0 saturated carbocycles. The fourth-order valence-electron chi connectivity index (χ4n) is 2.27. The number of para-hydroxylation sites is 2. The molecule has 4 rings (SSSR count). The van der Waals surface area contributed by atoms with Crippen molar-refractivity contribution in [3.63, 3.8) is 0 Å². The predicted octanol–water partition coefficient (Wildman–Crippen LogP) is 4.44. The first kappa shape index (κ1) is 14.5. The first-order valence-electron chi connectivity index (χ1n) is 7.27. The molecule has 0 amide bonds. The lowest BCUT2D eigenvalue weighted by molar-refractivity contribution is 0.745. The lowest BCUT2D eigenvalue weighted by atomic mass is 10.2. The molecule has 0 saturated heterocycles. The largest absolute Gasteiger partial charge is 0.235 e. The topological polar surface area (TPSA) is 43.1 Å². The van der Waals surface area contributed by atoms with Crippen LogP contribution in [0, 0.1) is 0 Å². The van der Waals surface area contributed by atoms with Crippen molar-refractivity contribution in [1.82, 2.24) is 15.0 Å². The number of thioether (sulfide) groups is 2. The number of benzene rings is 2. The van der Waals surface area contributed by atoms with Gasteiger partial charge in [-0.3, -0.25) is 0 Å². The van der Waals surface area contributed by atoms with Gasteiger partial charge in [-0.2, -0.15) is 15.0 Å². The van der Waals surface area contributed by atoms with Gasteiger partial charge in [0.15, 0.2) is 0 Å². The molecule has 1 aromatic heterocycles. The Kier molecular flexibility index (Phi) is 4.17. The van der Waals surface area contributed by atoms with Crippen LogP contribution in [0.3, 0.4) is 0 Å². The van der Waals surface area contributed by atoms with E-state index in [9.17, 15) is 0 Å². The van der Waals surface area contributed by atoms with Crippen LogP contribution in [-0.4, -0.2) is 19.4 Å². The molecule has 3 aromatic rings. The maximum Gasteiger partial charge on any atom is 0.131 e. The Bertz CT molecular complexity index is 843. The number of nitrogens with zero attached hydrogens (tertiary/aromatic N) is 4. The molecule has 0 bridgehead atoms. The average molecular weight is 338 g/mol. The maximum absolute atomic E-state index is 4.71. The van der Waals surface area contributed by atoms with Crippen LogP contribution in [0.25, 0.3) is 5.69 Å². The highest BCUT2D eigenvalue weighted by Crippen LogP contribution is 2.35. The third-order valence-electron chi connectivity index (χ3n) is 3.42. The predicted molar refractivity (Wildman–Crippen MR) is 97.5 cm³/mol. The van der Waals surface area contributed by atoms with Crippen LogP contribution in [0.4, 0.5) is 5.69 Å². The summed E-state index contributed by atoms with van der Waals surface area (Å²) in [6.45, 7) is 0. The summed E-state index contributed by atoms with van der Waals surface area (Å²) in [6.07, 6.45) is 1.82. The van der Waals surface area contributed by atoms with E-state index in [1.807, 2.05) is 42.6 Å². The van der Waals surface area contributed by atoms with Gasteiger partial charge in [0, 0.05) is 11.5 Å². The van der Waals surface area contributed by atoms with Gasteiger partial charge in [0.25, 0.3) is 0 Å². The zero-order chi connectivity index (χ0) is 15.5. The van der Waals surface area contributed by atoms with Crippen molar-refractivity contribution in [3.8, 4) is 5.69 Å². The fraction of sp³-hybridized carbons (Fsp3) is 0.118. The molecule has 1 aliphatic heterocycles. The second-order valence-corrected chi connectivity index (χ2v) is 7.23. The van der Waals surface area contributed by atoms with Crippen molar-refractivity contribution in [3.05, 3.63) is 72.1 Å². The molecule has 0 N–H and O–H groups in total. The van der Waals surface area contributed by atoms with Crippen LogP contribution in [0.5, 0.6) is 0 Å². The third-order valence-corrected chi connectivity index (χ3v) is 5.70. The summed E-state index contributed by atoms with van der Waals surface area (Å²) in [5.74, 6) is 1.76. The van der Waals surface area contributed by atoms with Crippen molar-refractivity contribution < 1.29 is 0 Å². The second kappa shape index (κ2) is 6.60. The van der Waals surface area contributed by atoms with Crippen molar-refractivity contribution >= 4 is 33.6 Å². The summed E-state index contributed by atoms with van der Waals surface area (Å²) in [4.78, 5) is 6.38. The molecular weight excluding hydrogens is 324 g/mol. The Labute approximate surface area is 143 Å². The highest BCUT2D eigenvalue weighted by molar-refractivity contribution is 8.38. The van der Waals surface area contributed by atoms with E-state index in [2.05, 4.69) is 28.4 Å². The molecule has 2 aromatic carbocycles. The SMILES string of the molecule is c1ccc(-n2ncc(CSC3=Nc4ccccc4CS3)n2)cc1. The van der Waals surface area contributed by atoms with Gasteiger partial charge in [-0.05, 0) is 23.8 Å². The summed E-state index contributed by atoms with van der Waals surface area (Å²) in [5.41, 5.74) is 4.32. The summed E-state index contributed by atoms with van der Waals surface area (Å²) < 4.78 is 1.10. The number of rotatable bonds is 3. The molecular formula is C17H14N4S2. The minimum Gasteiger partial charge on any atom is -0.235 e. The molecule has 6 heteroatoms. The van der Waals surface area contributed by atoms with Gasteiger partial charge in [0.1, 0.15) is 4.38 Å². The Balaban J connectivity index is 1.44. The molecule has 0 atom stereocenters. The first-order chi connectivity index (χ1) is 11.4. The lowest BCUT2D eigenvalue weighted by Gasteiger charge is -2.13. The standard InChI is InChI=1S/C17H14N4S2/c1-2-7-15(8-3-1)21-18-10-14(20-21)12-23-17-19-16-9-5-4-6-13(16)11-22-17/h1-10H,11-12H2. The molecule has 2 heterocycles. The van der Waals surface area contributed by atoms with Crippen LogP contribution < -0.4 is 0 Å². The van der Waals surface area contributed by atoms with E-state index in [1.165, 1.54) is 5.56 Å². The lowest BCUT2D eigenvalue weighted by Crippen LogP contribution is -1.99. The van der Waals surface area contributed by atoms with Crippen LogP contribution in [0.15, 0.2) is 65.8 Å². The maximum atomic E-state index is 4.71. The Morgan fingerprint density at radius 2 is 1.87 bits per heavy atom. The van der Waals surface area contributed by atoms with Gasteiger partial charge in [-0.25, -0.2) is 4.99 Å². The molecule has 0 radical (unpaired) electrons. The van der Waals surface area contributed by atoms with Gasteiger partial charge in [-0.1, -0.05) is 59.9 Å². The van der Waals surface area contributed by atoms with Crippen LogP contribution >= 0.6 is 23.5 Å². The van der Waals surface area contributed by atoms with Crippen LogP contribution in [0.1, 0.15) is 11.3 Å². The molecule has 114 valence electrons. The summed E-state index contributed by atoms with van der Waals surface area (Å²) in [7, 11) is 0. The quantitative estimate of drug-likeness (QED) is 0.708. The number of fused-ring (bicyclic) bond motifs is 1. The van der Waals surface area contributed by atoms with E-state index in [4.69, 9.17) is 4.99 Å². The Morgan fingerprint density at radius 1 is 1.04 bits per heavy atom. The third kappa shape index (κ3) is 3.33. The minimum atomic E-state index is 0.779. The molecule has 0 aliphatic carbocycles. The minimum absolute atomic E-state index is 0.779. The monoisotopic (exact) mass is 338 g/mol. The van der Waals surface area contributed by atoms with Gasteiger partial charge < -0.3 is 0 Å². The van der Waals surface area contributed by atoms with Crippen LogP contribution in [-0.2, 0) is 11.5 Å². The number of hydrogen-bond acceptors (Lipinski definition) is 5. The van der Waals surface area contributed by atoms with Gasteiger partial charge >= 0.3 is 0 Å². The summed E-state index contributed by atoms with van der Waals surface area (Å²) >= 11 is 3.51. The van der Waals surface area contributed by atoms with Crippen molar-refractivity contribution in [1.29, 1.82) is 0 Å². The number of hydrogen-bond donors (Lipinski definition) is 0. The normalized spacial score (nSPS) is 13.5. The van der Waals surface area contributed by atoms with E-state index >= 15 is 0 Å². The number of aliphatic imine (C=N–C) groups is 1. The second-order valence-electron chi connectivity index (χ2n) is 5.04. The zero-order valence-corrected chi connectivity index (χ0v) is 13.9. The average Bonchev–Trinajstić information content (AvgIpc) is 3.10. The highest BCUT2D eigenvalue weighted by Gasteiger charge is 2.13. The van der Waals surface area contributed by atoms with E-state index in [1.54, 1.807) is 28.3 Å². The van der Waals surface area contributed by atoms with Gasteiger partial charge in [-0.15, -0.1) is 0 Å².